The van der Waals surface area contributed by atoms with Gasteiger partial charge in [0.05, 0.1) is 5.56 Å². The van der Waals surface area contributed by atoms with E-state index in [9.17, 15) is 13.6 Å². The van der Waals surface area contributed by atoms with E-state index in [-0.39, 0.29) is 5.56 Å². The highest BCUT2D eigenvalue weighted by molar-refractivity contribution is 5.81. The number of hydrogen-bond acceptors (Lipinski definition) is 1. The van der Waals surface area contributed by atoms with E-state index in [2.05, 4.69) is 4.90 Å². The molecule has 26 heavy (non-hydrogen) atoms. The summed E-state index contributed by atoms with van der Waals surface area (Å²) in [4.78, 5) is 13.7. The monoisotopic (exact) mass is 357 g/mol. The van der Waals surface area contributed by atoms with Crippen molar-refractivity contribution in [1.29, 1.82) is 0 Å². The van der Waals surface area contributed by atoms with E-state index in [0.717, 1.165) is 25.9 Å². The fraction of sp³-hybridized carbons (Fsp3) is 0.409. The zero-order valence-corrected chi connectivity index (χ0v) is 15.0. The van der Waals surface area contributed by atoms with Crippen LogP contribution in [-0.2, 0) is 4.79 Å². The van der Waals surface area contributed by atoms with Gasteiger partial charge < -0.3 is 4.90 Å². The maximum absolute atomic E-state index is 13.3. The number of benzene rings is 2. The molecule has 2 aliphatic rings. The Morgan fingerprint density at radius 1 is 0.808 bits per heavy atom. The predicted molar refractivity (Wildman–Crippen MR) is 99.6 cm³/mol. The standard InChI is InChI=1S/C12H8F2.C10H17NO/c13-10-7-4-8-11(14)12(10)9-5-2-1-3-6-9;12-10(9-5-6-9)11-7-3-1-2-4-8-11/h1-8H;9H,1-8H2. The highest BCUT2D eigenvalue weighted by Gasteiger charge is 2.33. The molecule has 0 atom stereocenters. The van der Waals surface area contributed by atoms with Gasteiger partial charge in [-0.05, 0) is 43.4 Å². The summed E-state index contributed by atoms with van der Waals surface area (Å²) in [7, 11) is 0. The number of carbonyl (C=O) groups excluding carboxylic acids is 1. The number of likely N-dealkylation sites (tertiary alicyclic amines) is 1. The molecular formula is C22H25F2NO. The second-order valence-corrected chi connectivity index (χ2v) is 6.98. The van der Waals surface area contributed by atoms with Gasteiger partial charge in [-0.3, -0.25) is 4.79 Å². The van der Waals surface area contributed by atoms with Crippen LogP contribution in [-0.4, -0.2) is 23.9 Å². The molecule has 138 valence electrons. The Hall–Kier alpha value is -2.23. The van der Waals surface area contributed by atoms with E-state index in [4.69, 9.17) is 0 Å². The third-order valence-corrected chi connectivity index (χ3v) is 4.87. The Kier molecular flexibility index (Phi) is 6.37. The summed E-state index contributed by atoms with van der Waals surface area (Å²) in [5.74, 6) is -0.201. The van der Waals surface area contributed by atoms with Crippen molar-refractivity contribution in [2.24, 2.45) is 5.92 Å². The van der Waals surface area contributed by atoms with E-state index < -0.39 is 11.6 Å². The van der Waals surface area contributed by atoms with Crippen LogP contribution in [0.5, 0.6) is 0 Å². The van der Waals surface area contributed by atoms with Gasteiger partial charge in [-0.1, -0.05) is 49.2 Å². The summed E-state index contributed by atoms with van der Waals surface area (Å²) in [6, 6.07) is 12.5. The molecule has 2 aromatic carbocycles. The predicted octanol–water partition coefficient (Wildman–Crippen LogP) is 5.43. The molecule has 2 fully saturated rings. The number of hydrogen-bond donors (Lipinski definition) is 0. The number of nitrogens with zero attached hydrogens (tertiary/aromatic N) is 1. The quantitative estimate of drug-likeness (QED) is 0.702. The van der Waals surface area contributed by atoms with Crippen LogP contribution in [0.2, 0.25) is 0 Å². The van der Waals surface area contributed by atoms with Gasteiger partial charge in [-0.25, -0.2) is 8.78 Å². The van der Waals surface area contributed by atoms with Gasteiger partial charge in [-0.2, -0.15) is 0 Å². The molecule has 0 unspecified atom stereocenters. The first-order valence-corrected chi connectivity index (χ1v) is 9.45. The molecule has 4 rings (SSSR count). The summed E-state index contributed by atoms with van der Waals surface area (Å²) in [6.45, 7) is 2.05. The molecule has 2 aromatic rings. The second-order valence-electron chi connectivity index (χ2n) is 6.98. The lowest BCUT2D eigenvalue weighted by molar-refractivity contribution is -0.132. The van der Waals surface area contributed by atoms with Crippen molar-refractivity contribution in [2.45, 2.75) is 38.5 Å². The first-order chi connectivity index (χ1) is 12.7. The molecule has 4 heteroatoms. The molecule has 1 amide bonds. The first-order valence-electron chi connectivity index (χ1n) is 9.45. The zero-order chi connectivity index (χ0) is 18.4. The summed E-state index contributed by atoms with van der Waals surface area (Å²) in [6.07, 6.45) is 7.37. The maximum atomic E-state index is 13.3. The fourth-order valence-electron chi connectivity index (χ4n) is 3.26. The lowest BCUT2D eigenvalue weighted by atomic mass is 10.0. The largest absolute Gasteiger partial charge is 0.342 e. The molecule has 0 bridgehead atoms. The van der Waals surface area contributed by atoms with Gasteiger partial charge >= 0.3 is 0 Å². The minimum Gasteiger partial charge on any atom is -0.342 e. The topological polar surface area (TPSA) is 20.3 Å². The van der Waals surface area contributed by atoms with Gasteiger partial charge in [0.15, 0.2) is 0 Å². The molecule has 0 spiro atoms. The summed E-state index contributed by atoms with van der Waals surface area (Å²) >= 11 is 0. The maximum Gasteiger partial charge on any atom is 0.225 e. The molecule has 0 N–H and O–H groups in total. The summed E-state index contributed by atoms with van der Waals surface area (Å²) in [5.41, 5.74) is 0.594. The van der Waals surface area contributed by atoms with Crippen LogP contribution in [0, 0.1) is 17.6 Å². The van der Waals surface area contributed by atoms with Gasteiger partial charge in [0.25, 0.3) is 0 Å². The highest BCUT2D eigenvalue weighted by Crippen LogP contribution is 2.31. The number of halogens is 2. The Morgan fingerprint density at radius 3 is 1.92 bits per heavy atom. The van der Waals surface area contributed by atoms with E-state index in [0.29, 0.717) is 17.4 Å². The Morgan fingerprint density at radius 2 is 1.38 bits per heavy atom. The lowest BCUT2D eigenvalue weighted by Crippen LogP contribution is -2.32. The van der Waals surface area contributed by atoms with Crippen LogP contribution in [0.25, 0.3) is 11.1 Å². The molecule has 0 aromatic heterocycles. The fourth-order valence-corrected chi connectivity index (χ4v) is 3.26. The van der Waals surface area contributed by atoms with Crippen LogP contribution in [0.15, 0.2) is 48.5 Å². The minimum absolute atomic E-state index is 0.0353. The third-order valence-electron chi connectivity index (χ3n) is 4.87. The van der Waals surface area contributed by atoms with Gasteiger partial charge in [0.2, 0.25) is 5.91 Å². The molecule has 1 heterocycles. The Bertz CT molecular complexity index is 700. The van der Waals surface area contributed by atoms with Crippen molar-refractivity contribution in [2.75, 3.05) is 13.1 Å². The van der Waals surface area contributed by atoms with Gasteiger partial charge in [0.1, 0.15) is 11.6 Å². The van der Waals surface area contributed by atoms with Crippen LogP contribution in [0.1, 0.15) is 38.5 Å². The Balaban J connectivity index is 0.000000152. The van der Waals surface area contributed by atoms with E-state index >= 15 is 0 Å². The van der Waals surface area contributed by atoms with E-state index in [1.165, 1.54) is 43.9 Å². The average Bonchev–Trinajstić information content (AvgIpc) is 3.50. The Labute approximate surface area is 153 Å². The van der Waals surface area contributed by atoms with Crippen LogP contribution < -0.4 is 0 Å². The van der Waals surface area contributed by atoms with Crippen molar-refractivity contribution in [1.82, 2.24) is 4.90 Å². The molecule has 1 aliphatic carbocycles. The molecule has 2 nitrogen and oxygen atoms in total. The molecule has 1 saturated carbocycles. The number of carbonyl (C=O) groups is 1. The molecule has 0 radical (unpaired) electrons. The number of amides is 1. The van der Waals surface area contributed by atoms with Crippen LogP contribution >= 0.6 is 0 Å². The normalized spacial score (nSPS) is 17.1. The van der Waals surface area contributed by atoms with Crippen molar-refractivity contribution in [3.63, 3.8) is 0 Å². The summed E-state index contributed by atoms with van der Waals surface area (Å²) in [5, 5.41) is 0. The van der Waals surface area contributed by atoms with Crippen LogP contribution in [0.4, 0.5) is 8.78 Å². The van der Waals surface area contributed by atoms with Crippen LogP contribution in [0.3, 0.4) is 0 Å². The van der Waals surface area contributed by atoms with Crippen molar-refractivity contribution in [3.05, 3.63) is 60.2 Å². The van der Waals surface area contributed by atoms with Gasteiger partial charge in [0, 0.05) is 19.0 Å². The first kappa shape index (κ1) is 18.6. The van der Waals surface area contributed by atoms with Crippen molar-refractivity contribution >= 4 is 5.91 Å². The molecule has 1 aliphatic heterocycles. The van der Waals surface area contributed by atoms with E-state index in [1.54, 1.807) is 24.3 Å². The van der Waals surface area contributed by atoms with Gasteiger partial charge in [-0.15, -0.1) is 0 Å². The SMILES string of the molecule is Fc1cccc(F)c1-c1ccccc1.O=C(C1CC1)N1CCCCCC1. The number of rotatable bonds is 2. The van der Waals surface area contributed by atoms with Crippen molar-refractivity contribution in [3.8, 4) is 11.1 Å². The molecular weight excluding hydrogens is 332 g/mol. The lowest BCUT2D eigenvalue weighted by Gasteiger charge is -2.19. The summed E-state index contributed by atoms with van der Waals surface area (Å²) < 4.78 is 26.6. The average molecular weight is 357 g/mol. The smallest absolute Gasteiger partial charge is 0.225 e. The second kappa shape index (κ2) is 8.93. The third kappa shape index (κ3) is 4.90. The molecule has 1 saturated heterocycles. The minimum atomic E-state index is -0.531. The zero-order valence-electron chi connectivity index (χ0n) is 15.0. The highest BCUT2D eigenvalue weighted by atomic mass is 19.1. The van der Waals surface area contributed by atoms with Crippen molar-refractivity contribution < 1.29 is 13.6 Å². The van der Waals surface area contributed by atoms with E-state index in [1.807, 2.05) is 6.07 Å².